The molecule has 4 rings (SSSR count). The summed E-state index contributed by atoms with van der Waals surface area (Å²) in [7, 11) is 1.60. The molecule has 0 spiro atoms. The van der Waals surface area contributed by atoms with Gasteiger partial charge in [-0.1, -0.05) is 6.07 Å². The van der Waals surface area contributed by atoms with Crippen LogP contribution in [0, 0.1) is 0 Å². The van der Waals surface area contributed by atoms with E-state index in [-0.39, 0.29) is 30.0 Å². The lowest BCUT2D eigenvalue weighted by molar-refractivity contribution is -0.132. The summed E-state index contributed by atoms with van der Waals surface area (Å²) in [5.41, 5.74) is 0.622. The number of ether oxygens (including phenoxy) is 2. The Hall–Kier alpha value is -2.08. The molecule has 0 unspecified atom stereocenters. The number of carbonyl (C=O) groups excluding carboxylic acids is 2. The van der Waals surface area contributed by atoms with Crippen LogP contribution in [0.2, 0.25) is 0 Å². The molecule has 3 saturated heterocycles. The van der Waals surface area contributed by atoms with Crippen molar-refractivity contribution in [2.45, 2.75) is 43.9 Å². The van der Waals surface area contributed by atoms with E-state index in [1.165, 1.54) is 0 Å². The van der Waals surface area contributed by atoms with Crippen LogP contribution < -0.4 is 4.74 Å². The molecule has 3 atom stereocenters. The van der Waals surface area contributed by atoms with Crippen LogP contribution >= 0.6 is 0 Å². The number of fused-ring (bicyclic) bond motifs is 1. The largest absolute Gasteiger partial charge is 0.497 e. The van der Waals surface area contributed by atoms with Gasteiger partial charge in [0.2, 0.25) is 5.91 Å². The molecule has 0 aliphatic carbocycles. The number of hydrogen-bond donors (Lipinski definition) is 0. The average Bonchev–Trinajstić information content (AvgIpc) is 3.24. The molecule has 2 amide bonds. The Morgan fingerprint density at radius 1 is 1.28 bits per heavy atom. The van der Waals surface area contributed by atoms with Crippen molar-refractivity contribution in [3.63, 3.8) is 0 Å². The first kappa shape index (κ1) is 16.4. The first-order valence-electron chi connectivity index (χ1n) is 9.05. The van der Waals surface area contributed by atoms with Gasteiger partial charge in [0.25, 0.3) is 5.91 Å². The highest BCUT2D eigenvalue weighted by molar-refractivity contribution is 5.95. The third-order valence-corrected chi connectivity index (χ3v) is 5.58. The highest BCUT2D eigenvalue weighted by Crippen LogP contribution is 2.34. The molecule has 6 heteroatoms. The van der Waals surface area contributed by atoms with Crippen molar-refractivity contribution >= 4 is 11.8 Å². The molecule has 134 valence electrons. The van der Waals surface area contributed by atoms with E-state index in [9.17, 15) is 9.59 Å². The highest BCUT2D eigenvalue weighted by atomic mass is 16.5. The van der Waals surface area contributed by atoms with Gasteiger partial charge in [-0.3, -0.25) is 9.59 Å². The third-order valence-electron chi connectivity index (χ3n) is 5.58. The van der Waals surface area contributed by atoms with E-state index in [0.717, 1.165) is 25.8 Å². The number of likely N-dealkylation sites (tertiary alicyclic amines) is 2. The van der Waals surface area contributed by atoms with Gasteiger partial charge in [0.15, 0.2) is 0 Å². The Morgan fingerprint density at radius 3 is 2.92 bits per heavy atom. The first-order valence-corrected chi connectivity index (χ1v) is 9.05. The molecule has 0 saturated carbocycles. The van der Waals surface area contributed by atoms with Gasteiger partial charge in [0, 0.05) is 31.7 Å². The van der Waals surface area contributed by atoms with Crippen LogP contribution in [-0.4, -0.2) is 66.6 Å². The number of carbonyl (C=O) groups is 2. The van der Waals surface area contributed by atoms with Crippen molar-refractivity contribution in [3.8, 4) is 5.75 Å². The van der Waals surface area contributed by atoms with E-state index in [4.69, 9.17) is 9.47 Å². The van der Waals surface area contributed by atoms with Gasteiger partial charge in [0.1, 0.15) is 5.75 Å². The lowest BCUT2D eigenvalue weighted by atomic mass is 10.00. The van der Waals surface area contributed by atoms with Crippen LogP contribution in [0.1, 0.15) is 36.0 Å². The molecule has 0 aromatic heterocycles. The van der Waals surface area contributed by atoms with E-state index < -0.39 is 0 Å². The average molecular weight is 344 g/mol. The van der Waals surface area contributed by atoms with Gasteiger partial charge < -0.3 is 19.3 Å². The van der Waals surface area contributed by atoms with Gasteiger partial charge in [-0.15, -0.1) is 0 Å². The van der Waals surface area contributed by atoms with Crippen molar-refractivity contribution in [2.24, 2.45) is 0 Å². The zero-order valence-corrected chi connectivity index (χ0v) is 14.5. The molecule has 3 heterocycles. The monoisotopic (exact) mass is 344 g/mol. The minimum Gasteiger partial charge on any atom is -0.497 e. The summed E-state index contributed by atoms with van der Waals surface area (Å²) in [4.78, 5) is 29.2. The lowest BCUT2D eigenvalue weighted by Gasteiger charge is -2.34. The molecule has 0 bridgehead atoms. The second kappa shape index (κ2) is 6.67. The molecule has 3 aliphatic rings. The Morgan fingerprint density at radius 2 is 2.16 bits per heavy atom. The standard InChI is InChI=1S/C19H24N2O4/c1-24-14-6-2-5-13(11-14)19(23)21-12-16(20-9-3-8-17(20)22)18-15(21)7-4-10-25-18/h2,5-6,11,15-16,18H,3-4,7-10,12H2,1H3/t15-,16-,18+/m0/s1. The molecule has 3 fully saturated rings. The van der Waals surface area contributed by atoms with Crippen molar-refractivity contribution < 1.29 is 19.1 Å². The summed E-state index contributed by atoms with van der Waals surface area (Å²) in [6.07, 6.45) is 3.32. The smallest absolute Gasteiger partial charge is 0.254 e. The van der Waals surface area contributed by atoms with Crippen LogP contribution in [0.15, 0.2) is 24.3 Å². The predicted molar refractivity (Wildman–Crippen MR) is 91.5 cm³/mol. The van der Waals surface area contributed by atoms with E-state index in [0.29, 0.717) is 30.9 Å². The second-order valence-corrected chi connectivity index (χ2v) is 6.99. The maximum absolute atomic E-state index is 13.1. The number of amides is 2. The SMILES string of the molecule is COc1cccc(C(=O)N2C[C@H](N3CCCC3=O)[C@@H]3OCCC[C@@H]32)c1. The Bertz CT molecular complexity index is 677. The van der Waals surface area contributed by atoms with Crippen LogP contribution in [0.3, 0.4) is 0 Å². The maximum atomic E-state index is 13.1. The first-order chi connectivity index (χ1) is 12.2. The summed E-state index contributed by atoms with van der Waals surface area (Å²) in [6, 6.07) is 7.28. The number of nitrogens with zero attached hydrogens (tertiary/aromatic N) is 2. The van der Waals surface area contributed by atoms with Crippen LogP contribution in [0.4, 0.5) is 0 Å². The Labute approximate surface area is 147 Å². The summed E-state index contributed by atoms with van der Waals surface area (Å²) in [5.74, 6) is 0.856. The second-order valence-electron chi connectivity index (χ2n) is 6.99. The summed E-state index contributed by atoms with van der Waals surface area (Å²) < 4.78 is 11.3. The minimum absolute atomic E-state index is 0.00598. The summed E-state index contributed by atoms with van der Waals surface area (Å²) >= 11 is 0. The molecule has 1 aromatic rings. The topological polar surface area (TPSA) is 59.1 Å². The molecule has 0 radical (unpaired) electrons. The van der Waals surface area contributed by atoms with Gasteiger partial charge in [-0.25, -0.2) is 0 Å². The van der Waals surface area contributed by atoms with E-state index in [2.05, 4.69) is 0 Å². The normalized spacial score (nSPS) is 29.0. The molecule has 3 aliphatic heterocycles. The zero-order valence-electron chi connectivity index (χ0n) is 14.5. The molecule has 6 nitrogen and oxygen atoms in total. The molecule has 0 N–H and O–H groups in total. The van der Waals surface area contributed by atoms with Gasteiger partial charge >= 0.3 is 0 Å². The number of benzene rings is 1. The van der Waals surface area contributed by atoms with Crippen molar-refractivity contribution in [2.75, 3.05) is 26.8 Å². The van der Waals surface area contributed by atoms with Crippen LogP contribution in [0.5, 0.6) is 5.75 Å². The summed E-state index contributed by atoms with van der Waals surface area (Å²) in [6.45, 7) is 2.04. The van der Waals surface area contributed by atoms with E-state index in [1.807, 2.05) is 28.0 Å². The van der Waals surface area contributed by atoms with Crippen molar-refractivity contribution in [1.82, 2.24) is 9.80 Å². The van der Waals surface area contributed by atoms with Gasteiger partial charge in [-0.05, 0) is 37.5 Å². The quantitative estimate of drug-likeness (QED) is 0.837. The van der Waals surface area contributed by atoms with E-state index in [1.54, 1.807) is 13.2 Å². The predicted octanol–water partition coefficient (Wildman–Crippen LogP) is 1.69. The van der Waals surface area contributed by atoms with Crippen molar-refractivity contribution in [3.05, 3.63) is 29.8 Å². The minimum atomic E-state index is -0.0645. The maximum Gasteiger partial charge on any atom is 0.254 e. The van der Waals surface area contributed by atoms with Crippen LogP contribution in [-0.2, 0) is 9.53 Å². The fraction of sp³-hybridized carbons (Fsp3) is 0.579. The zero-order chi connectivity index (χ0) is 17.4. The number of rotatable bonds is 3. The molecule has 25 heavy (non-hydrogen) atoms. The Balaban J connectivity index is 1.60. The molecular weight excluding hydrogens is 320 g/mol. The van der Waals surface area contributed by atoms with Crippen LogP contribution in [0.25, 0.3) is 0 Å². The lowest BCUT2D eigenvalue weighted by Crippen LogP contribution is -2.48. The molecular formula is C19H24N2O4. The van der Waals surface area contributed by atoms with Gasteiger partial charge in [0.05, 0.1) is 25.3 Å². The van der Waals surface area contributed by atoms with E-state index >= 15 is 0 Å². The van der Waals surface area contributed by atoms with Crippen molar-refractivity contribution in [1.29, 1.82) is 0 Å². The summed E-state index contributed by atoms with van der Waals surface area (Å²) in [5, 5.41) is 0. The Kier molecular flexibility index (Phi) is 4.37. The number of methoxy groups -OCH3 is 1. The third kappa shape index (κ3) is 2.88. The number of hydrogen-bond acceptors (Lipinski definition) is 4. The fourth-order valence-electron chi connectivity index (χ4n) is 4.38. The fourth-order valence-corrected chi connectivity index (χ4v) is 4.38. The highest BCUT2D eigenvalue weighted by Gasteiger charge is 2.49. The van der Waals surface area contributed by atoms with Gasteiger partial charge in [-0.2, -0.15) is 0 Å². The molecule has 1 aromatic carbocycles.